The van der Waals surface area contributed by atoms with E-state index in [4.69, 9.17) is 0 Å². The van der Waals surface area contributed by atoms with Gasteiger partial charge in [-0.05, 0) is 21.0 Å². The van der Waals surface area contributed by atoms with Gasteiger partial charge >= 0.3 is 0 Å². The zero-order chi connectivity index (χ0) is 7.28. The number of nitrogens with one attached hydrogen (secondary N) is 1. The topological polar surface area (TPSA) is 34.1 Å². The fourth-order valence-corrected chi connectivity index (χ4v) is 0.502. The molecule has 0 aliphatic rings. The lowest BCUT2D eigenvalue weighted by atomic mass is 10.9. The fourth-order valence-electron chi connectivity index (χ4n) is 0.502. The molecule has 0 fully saturated rings. The van der Waals surface area contributed by atoms with Gasteiger partial charge in [0, 0.05) is 0 Å². The summed E-state index contributed by atoms with van der Waals surface area (Å²) in [5.41, 5.74) is 4.02. The predicted molar refractivity (Wildman–Crippen MR) is 38.1 cm³/mol. The molecule has 54 valence electrons. The molecule has 9 heavy (non-hydrogen) atoms. The molecule has 0 aliphatic carbocycles. The molecule has 0 aromatic heterocycles. The smallest absolute Gasteiger partial charge is 0.0824 e. The zero-order valence-corrected chi connectivity index (χ0v) is 6.42. The molecule has 0 amide bonds. The largest absolute Gasteiger partial charge is 0.365 e. The molecule has 1 unspecified atom stereocenters. The van der Waals surface area contributed by atoms with Gasteiger partial charge in [0.15, 0.2) is 0 Å². The van der Waals surface area contributed by atoms with E-state index in [9.17, 15) is 0 Å². The summed E-state index contributed by atoms with van der Waals surface area (Å²) in [6.45, 7) is 1.87. The molecule has 0 aromatic carbocycles. The molecule has 0 aliphatic heterocycles. The Bertz CT molecular complexity index is 89.0. The van der Waals surface area contributed by atoms with Gasteiger partial charge in [0.25, 0.3) is 0 Å². The average molecular weight is 130 g/mol. The van der Waals surface area contributed by atoms with Crippen LogP contribution in [0.25, 0.3) is 5.53 Å². The van der Waals surface area contributed by atoms with Gasteiger partial charge in [-0.2, -0.15) is 0 Å². The molecule has 0 heterocycles. The Balaban J connectivity index is 3.38. The van der Waals surface area contributed by atoms with Gasteiger partial charge in [-0.1, -0.05) is 0 Å². The van der Waals surface area contributed by atoms with Crippen LogP contribution in [-0.4, -0.2) is 32.4 Å². The van der Waals surface area contributed by atoms with E-state index in [1.165, 1.54) is 0 Å². The monoisotopic (exact) mass is 130 g/mol. The first kappa shape index (κ1) is 8.55. The maximum Gasteiger partial charge on any atom is 0.0824 e. The van der Waals surface area contributed by atoms with Crippen LogP contribution in [0, 0.1) is 0 Å². The summed E-state index contributed by atoms with van der Waals surface area (Å²) in [6, 6.07) is 0. The second-order valence-corrected chi connectivity index (χ2v) is 1.88. The van der Waals surface area contributed by atoms with E-state index in [0.717, 1.165) is 5.12 Å². The summed E-state index contributed by atoms with van der Waals surface area (Å²) in [5, 5.41) is 6.45. The average Bonchev–Trinajstić information content (AvgIpc) is 1.63. The molecular weight excluding hydrogens is 116 g/mol. The van der Waals surface area contributed by atoms with Crippen LogP contribution in [0.1, 0.15) is 6.92 Å². The highest BCUT2D eigenvalue weighted by atomic mass is 15.8. The second kappa shape index (κ2) is 4.43. The van der Waals surface area contributed by atoms with Crippen molar-refractivity contribution >= 4 is 6.21 Å². The first-order chi connectivity index (χ1) is 4.16. The molecule has 4 nitrogen and oxygen atoms in total. The van der Waals surface area contributed by atoms with Crippen molar-refractivity contribution in [3.63, 3.8) is 0 Å². The van der Waals surface area contributed by atoms with Crippen molar-refractivity contribution in [1.29, 1.82) is 0 Å². The Morgan fingerprint density at radius 1 is 1.56 bits per heavy atom. The lowest BCUT2D eigenvalue weighted by molar-refractivity contribution is -0.856. The Morgan fingerprint density at radius 3 is 2.44 bits per heavy atom. The minimum atomic E-state index is 0.780. The van der Waals surface area contributed by atoms with Crippen molar-refractivity contribution in [3.8, 4) is 0 Å². The Hall–Kier alpha value is -0.450. The molecule has 0 aromatic rings. The summed E-state index contributed by atoms with van der Waals surface area (Å²) in [4.78, 5) is 0. The maximum absolute atomic E-state index is 4.02. The second-order valence-electron chi connectivity index (χ2n) is 1.88. The SMILES string of the molecule is C/C=N/[NH+](C)[N-]N(C)C. The molecule has 1 N–H and O–H groups in total. The molecule has 0 spiro atoms. The molecule has 4 heteroatoms. The van der Waals surface area contributed by atoms with E-state index in [0.29, 0.717) is 0 Å². The lowest BCUT2D eigenvalue weighted by Gasteiger charge is -2.28. The fraction of sp³-hybridized carbons (Fsp3) is 0.800. The van der Waals surface area contributed by atoms with Gasteiger partial charge in [0.2, 0.25) is 0 Å². The Morgan fingerprint density at radius 2 is 2.11 bits per heavy atom. The van der Waals surface area contributed by atoms with Crippen molar-refractivity contribution in [1.82, 2.24) is 5.01 Å². The molecule has 0 saturated heterocycles. The Kier molecular flexibility index (Phi) is 4.21. The molecular formula is C5H14N4. The standard InChI is InChI=1S/C5H14N4/c1-5-6-9(4)7-8(2)3/h5,9H,1-4H3/b6-5+. The van der Waals surface area contributed by atoms with E-state index in [-0.39, 0.29) is 0 Å². The first-order valence-corrected chi connectivity index (χ1v) is 2.88. The van der Waals surface area contributed by atoms with Crippen molar-refractivity contribution in [2.24, 2.45) is 5.10 Å². The van der Waals surface area contributed by atoms with E-state index in [1.54, 1.807) is 11.2 Å². The molecule has 0 rings (SSSR count). The van der Waals surface area contributed by atoms with Gasteiger partial charge < -0.3 is 10.5 Å². The van der Waals surface area contributed by atoms with Crippen LogP contribution >= 0.6 is 0 Å². The zero-order valence-electron chi connectivity index (χ0n) is 6.42. The number of quaternary nitrogens is 1. The van der Waals surface area contributed by atoms with E-state index in [1.807, 2.05) is 28.1 Å². The number of hydrogen-bond acceptors (Lipinski definition) is 2. The number of rotatable bonds is 3. The summed E-state index contributed by atoms with van der Waals surface area (Å²) < 4.78 is 0. The third-order valence-corrected chi connectivity index (χ3v) is 0.661. The van der Waals surface area contributed by atoms with Gasteiger partial charge in [0.1, 0.15) is 0 Å². The summed E-state index contributed by atoms with van der Waals surface area (Å²) in [7, 11) is 5.60. The number of nitrogens with zero attached hydrogens (tertiary/aromatic N) is 3. The highest BCUT2D eigenvalue weighted by Crippen LogP contribution is 1.73. The minimum absolute atomic E-state index is 0.780. The van der Waals surface area contributed by atoms with Gasteiger partial charge in [-0.25, -0.2) is 0 Å². The summed E-state index contributed by atoms with van der Waals surface area (Å²) in [5.74, 6) is 0. The predicted octanol–water partition coefficient (Wildman–Crippen LogP) is -0.728. The number of hydrogen-bond donors (Lipinski definition) is 1. The van der Waals surface area contributed by atoms with Crippen LogP contribution in [0.3, 0.4) is 0 Å². The minimum Gasteiger partial charge on any atom is -0.365 e. The van der Waals surface area contributed by atoms with E-state index in [2.05, 4.69) is 10.6 Å². The molecule has 0 saturated carbocycles. The van der Waals surface area contributed by atoms with Gasteiger partial charge in [-0.3, -0.25) is 5.12 Å². The van der Waals surface area contributed by atoms with Gasteiger partial charge in [0.05, 0.1) is 13.3 Å². The van der Waals surface area contributed by atoms with Crippen LogP contribution in [0.4, 0.5) is 0 Å². The molecule has 1 atom stereocenters. The van der Waals surface area contributed by atoms with Crippen molar-refractivity contribution in [3.05, 3.63) is 5.53 Å². The third-order valence-electron chi connectivity index (χ3n) is 0.661. The maximum atomic E-state index is 4.02. The van der Waals surface area contributed by atoms with Crippen LogP contribution in [0.2, 0.25) is 0 Å². The summed E-state index contributed by atoms with van der Waals surface area (Å²) in [6.07, 6.45) is 1.72. The molecule has 0 radical (unpaired) electrons. The Labute approximate surface area is 56.1 Å². The van der Waals surface area contributed by atoms with Crippen LogP contribution in [0.15, 0.2) is 5.10 Å². The third kappa shape index (κ3) is 5.42. The van der Waals surface area contributed by atoms with E-state index >= 15 is 0 Å². The van der Waals surface area contributed by atoms with Crippen LogP contribution in [0.5, 0.6) is 0 Å². The quantitative estimate of drug-likeness (QED) is 0.397. The van der Waals surface area contributed by atoms with Crippen molar-refractivity contribution in [2.45, 2.75) is 6.92 Å². The first-order valence-electron chi connectivity index (χ1n) is 2.88. The normalized spacial score (nSPS) is 15.2. The lowest BCUT2D eigenvalue weighted by Crippen LogP contribution is -3.00. The van der Waals surface area contributed by atoms with Crippen molar-refractivity contribution in [2.75, 3.05) is 21.1 Å². The molecule has 0 bridgehead atoms. The van der Waals surface area contributed by atoms with Gasteiger partial charge in [-0.15, -0.1) is 5.10 Å². The van der Waals surface area contributed by atoms with Crippen LogP contribution < -0.4 is 5.12 Å². The highest BCUT2D eigenvalue weighted by Gasteiger charge is 1.81. The summed E-state index contributed by atoms with van der Waals surface area (Å²) >= 11 is 0. The van der Waals surface area contributed by atoms with Crippen LogP contribution in [-0.2, 0) is 0 Å². The highest BCUT2D eigenvalue weighted by molar-refractivity contribution is 5.51. The van der Waals surface area contributed by atoms with Crippen molar-refractivity contribution < 1.29 is 5.12 Å². The van der Waals surface area contributed by atoms with E-state index < -0.39 is 0 Å².